The first-order chi connectivity index (χ1) is 16.1. The van der Waals surface area contributed by atoms with E-state index in [1.807, 2.05) is 30.3 Å². The van der Waals surface area contributed by atoms with E-state index in [1.165, 1.54) is 11.5 Å². The Balaban J connectivity index is 1.42. The second kappa shape index (κ2) is 9.26. The first kappa shape index (κ1) is 22.1. The van der Waals surface area contributed by atoms with Crippen LogP contribution in [0.5, 0.6) is 5.75 Å². The van der Waals surface area contributed by atoms with Gasteiger partial charge in [0, 0.05) is 37.2 Å². The number of nitrogens with one attached hydrogen (secondary N) is 2. The minimum absolute atomic E-state index is 0.0125. The highest BCUT2D eigenvalue weighted by molar-refractivity contribution is 8.00. The number of aliphatic imine (C=N–C) groups is 1. The van der Waals surface area contributed by atoms with Crippen molar-refractivity contribution in [3.8, 4) is 5.75 Å². The number of rotatable bonds is 6. The Labute approximate surface area is 199 Å². The molecule has 1 aromatic heterocycles. The number of amides is 1. The zero-order valence-corrected chi connectivity index (χ0v) is 20.1. The minimum Gasteiger partial charge on any atom is -0.494 e. The second-order valence-corrected chi connectivity index (χ2v) is 9.78. The van der Waals surface area contributed by atoms with Crippen LogP contribution in [-0.2, 0) is 4.74 Å². The third-order valence-corrected chi connectivity index (χ3v) is 7.79. The van der Waals surface area contributed by atoms with Crippen molar-refractivity contribution >= 4 is 50.9 Å². The monoisotopic (exact) mass is 484 g/mol. The lowest BCUT2D eigenvalue weighted by atomic mass is 9.95. The third kappa shape index (κ3) is 4.17. The number of anilines is 1. The van der Waals surface area contributed by atoms with Gasteiger partial charge in [-0.15, -0.1) is 16.9 Å². The fourth-order valence-electron chi connectivity index (χ4n) is 4.04. The Hall–Kier alpha value is -2.73. The van der Waals surface area contributed by atoms with Crippen LogP contribution in [0.4, 0.5) is 5.69 Å². The summed E-state index contributed by atoms with van der Waals surface area (Å²) < 4.78 is 15.7. The molecule has 3 aromatic rings. The highest BCUT2D eigenvalue weighted by atomic mass is 32.2. The van der Waals surface area contributed by atoms with Gasteiger partial charge in [0.1, 0.15) is 17.1 Å². The maximum atomic E-state index is 12.8. The van der Waals surface area contributed by atoms with Crippen molar-refractivity contribution in [2.45, 2.75) is 16.2 Å². The van der Waals surface area contributed by atoms with E-state index in [0.29, 0.717) is 31.1 Å². The topological polar surface area (TPSA) is 101 Å². The Kier molecular flexibility index (Phi) is 6.19. The number of carbonyl (C=O) groups is 1. The number of carbonyl (C=O) groups excluding carboxylic acids is 1. The molecule has 0 saturated carbocycles. The highest BCUT2D eigenvalue weighted by Gasteiger charge is 2.39. The minimum atomic E-state index is -0.0125. The molecule has 2 aromatic carbocycles. The smallest absolute Gasteiger partial charge is 0.253 e. The molecule has 3 heterocycles. The Morgan fingerprint density at radius 2 is 2.18 bits per heavy atom. The summed E-state index contributed by atoms with van der Waals surface area (Å²) >= 11 is 3.08. The van der Waals surface area contributed by atoms with Crippen LogP contribution >= 0.6 is 23.3 Å². The zero-order valence-electron chi connectivity index (χ0n) is 18.5. The number of ether oxygens (including phenoxy) is 2. The number of benzene rings is 2. The number of hydrogen-bond acceptors (Lipinski definition) is 10. The third-order valence-electron chi connectivity index (χ3n) is 5.80. The zero-order chi connectivity index (χ0) is 22.9. The van der Waals surface area contributed by atoms with E-state index in [-0.39, 0.29) is 17.2 Å². The molecule has 0 radical (unpaired) electrons. The van der Waals surface area contributed by atoms with Gasteiger partial charge in [0.15, 0.2) is 0 Å². The molecule has 33 heavy (non-hydrogen) atoms. The van der Waals surface area contributed by atoms with Gasteiger partial charge in [-0.2, -0.15) is 0 Å². The summed E-state index contributed by atoms with van der Waals surface area (Å²) in [6.45, 7) is 1.57. The number of methoxy groups -OCH3 is 2. The number of fused-ring (bicyclic) bond motifs is 4. The van der Waals surface area contributed by atoms with E-state index in [9.17, 15) is 4.79 Å². The van der Waals surface area contributed by atoms with Crippen molar-refractivity contribution in [3.63, 3.8) is 0 Å². The normalized spacial score (nSPS) is 19.1. The summed E-state index contributed by atoms with van der Waals surface area (Å²) in [7, 11) is 5.07. The van der Waals surface area contributed by atoms with E-state index in [4.69, 9.17) is 14.5 Å². The van der Waals surface area contributed by atoms with E-state index in [0.717, 1.165) is 32.2 Å². The van der Waals surface area contributed by atoms with E-state index < -0.39 is 0 Å². The van der Waals surface area contributed by atoms with Crippen LogP contribution in [0.2, 0.25) is 0 Å². The first-order valence-electron chi connectivity index (χ1n) is 10.5. The van der Waals surface area contributed by atoms with Crippen LogP contribution in [0.25, 0.3) is 10.2 Å². The summed E-state index contributed by atoms with van der Waals surface area (Å²) in [6, 6.07) is 9.81. The maximum absolute atomic E-state index is 12.8. The van der Waals surface area contributed by atoms with Gasteiger partial charge in [0.05, 0.1) is 42.1 Å². The van der Waals surface area contributed by atoms with Crippen molar-refractivity contribution < 1.29 is 14.3 Å². The van der Waals surface area contributed by atoms with Crippen LogP contribution in [0.3, 0.4) is 0 Å². The van der Waals surface area contributed by atoms with E-state index in [2.05, 4.69) is 20.2 Å². The van der Waals surface area contributed by atoms with Gasteiger partial charge in [-0.25, -0.2) is 0 Å². The molecular weight excluding hydrogens is 460 g/mol. The molecular formula is C22H24N6O3S2. The number of hydrogen-bond donors (Lipinski definition) is 2. The van der Waals surface area contributed by atoms with Crippen LogP contribution in [-0.4, -0.2) is 72.7 Å². The summed E-state index contributed by atoms with van der Waals surface area (Å²) in [5.74, 6) is 1.59. The predicted molar refractivity (Wildman–Crippen MR) is 131 cm³/mol. The Bertz CT molecular complexity index is 1230. The van der Waals surface area contributed by atoms with Crippen molar-refractivity contribution in [3.05, 3.63) is 41.5 Å². The van der Waals surface area contributed by atoms with E-state index in [1.54, 1.807) is 37.9 Å². The number of nitrogens with zero attached hydrogens (tertiary/aromatic N) is 4. The molecule has 0 spiro atoms. The molecule has 0 fully saturated rings. The fraction of sp³-hybridized carbons (Fsp3) is 0.364. The van der Waals surface area contributed by atoms with Crippen LogP contribution in [0.15, 0.2) is 40.2 Å². The molecule has 2 aliphatic heterocycles. The number of thioether (sulfide) groups is 1. The van der Waals surface area contributed by atoms with Crippen molar-refractivity contribution in [2.75, 3.05) is 46.4 Å². The molecule has 172 valence electrons. The maximum Gasteiger partial charge on any atom is 0.253 e. The lowest BCUT2D eigenvalue weighted by Gasteiger charge is -2.28. The van der Waals surface area contributed by atoms with Crippen LogP contribution in [0, 0.1) is 0 Å². The SMILES string of the molecule is COCCN(C)C(=O)c1ccc2c(c1)SC1NCN=C(Nc3cc4snnc4cc3OC)C21. The molecule has 0 aliphatic carbocycles. The summed E-state index contributed by atoms with van der Waals surface area (Å²) in [5.41, 5.74) is 3.47. The number of likely N-dealkylation sites (N-methyl/N-ethyl adjacent to an activating group) is 1. The molecule has 2 aliphatic rings. The van der Waals surface area contributed by atoms with Gasteiger partial charge in [0.2, 0.25) is 0 Å². The van der Waals surface area contributed by atoms with Crippen molar-refractivity contribution in [1.29, 1.82) is 0 Å². The van der Waals surface area contributed by atoms with Gasteiger partial charge >= 0.3 is 0 Å². The molecule has 2 N–H and O–H groups in total. The number of aromatic nitrogens is 2. The first-order valence-corrected chi connectivity index (χ1v) is 12.1. The molecule has 2 unspecified atom stereocenters. The summed E-state index contributed by atoms with van der Waals surface area (Å²) in [6.07, 6.45) is 0. The van der Waals surface area contributed by atoms with Crippen LogP contribution < -0.4 is 15.4 Å². The van der Waals surface area contributed by atoms with Gasteiger partial charge in [-0.05, 0) is 35.3 Å². The Morgan fingerprint density at radius 3 is 3.00 bits per heavy atom. The molecule has 1 amide bonds. The average molecular weight is 485 g/mol. The van der Waals surface area contributed by atoms with Gasteiger partial charge in [0.25, 0.3) is 5.91 Å². The largest absolute Gasteiger partial charge is 0.494 e. The van der Waals surface area contributed by atoms with Gasteiger partial charge in [-0.1, -0.05) is 10.6 Å². The number of amidine groups is 1. The average Bonchev–Trinajstić information content (AvgIpc) is 3.45. The predicted octanol–water partition coefficient (Wildman–Crippen LogP) is 3.01. The van der Waals surface area contributed by atoms with Crippen molar-refractivity contribution in [2.24, 2.45) is 4.99 Å². The quantitative estimate of drug-likeness (QED) is 0.551. The van der Waals surface area contributed by atoms with E-state index >= 15 is 0 Å². The highest BCUT2D eigenvalue weighted by Crippen LogP contribution is 2.47. The molecule has 11 heteroatoms. The van der Waals surface area contributed by atoms with Crippen molar-refractivity contribution in [1.82, 2.24) is 19.8 Å². The summed E-state index contributed by atoms with van der Waals surface area (Å²) in [5, 5.41) is 11.2. The molecule has 9 nitrogen and oxygen atoms in total. The molecule has 0 saturated heterocycles. The lowest BCUT2D eigenvalue weighted by molar-refractivity contribution is 0.0744. The fourth-order valence-corrected chi connectivity index (χ4v) is 5.99. The van der Waals surface area contributed by atoms with Gasteiger partial charge < -0.3 is 19.7 Å². The molecule has 0 bridgehead atoms. The molecule has 2 atom stereocenters. The molecule has 5 rings (SSSR count). The van der Waals surface area contributed by atoms with Gasteiger partial charge in [-0.3, -0.25) is 15.1 Å². The second-order valence-electron chi connectivity index (χ2n) is 7.81. The summed E-state index contributed by atoms with van der Waals surface area (Å²) in [4.78, 5) is 20.3. The Morgan fingerprint density at radius 1 is 1.30 bits per heavy atom. The lowest BCUT2D eigenvalue weighted by Crippen LogP contribution is -2.41. The van der Waals surface area contributed by atoms with Crippen LogP contribution in [0.1, 0.15) is 21.8 Å². The standard InChI is InChI=1S/C22H24N6O3S2/c1-28(6-7-30-2)22(29)12-4-5-13-17(8-12)32-21-19(13)20(23-11-24-21)25-14-10-18-15(26-27-33-18)9-16(14)31-3/h4-5,8-10,19,21,24H,6-7,11H2,1-3H3,(H,23,25).